The summed E-state index contributed by atoms with van der Waals surface area (Å²) in [6, 6.07) is 6.81. The van der Waals surface area contributed by atoms with E-state index >= 15 is 0 Å². The van der Waals surface area contributed by atoms with E-state index in [1.165, 1.54) is 0 Å². The number of sulfone groups is 1. The van der Waals surface area contributed by atoms with E-state index in [1.54, 1.807) is 24.3 Å². The minimum absolute atomic E-state index is 0.143. The molecule has 1 saturated carbocycles. The first-order chi connectivity index (χ1) is 11.9. The molecule has 0 radical (unpaired) electrons. The molecule has 1 aliphatic carbocycles. The van der Waals surface area contributed by atoms with Crippen LogP contribution in [0.5, 0.6) is 0 Å². The Balaban J connectivity index is 1.98. The van der Waals surface area contributed by atoms with Crippen molar-refractivity contribution in [2.75, 3.05) is 10.7 Å². The Morgan fingerprint density at radius 2 is 1.76 bits per heavy atom. The maximum Gasteiger partial charge on any atom is 0.220 e. The van der Waals surface area contributed by atoms with Crippen LogP contribution in [0.4, 0.5) is 5.69 Å². The molecule has 0 atom stereocenters. The fourth-order valence-electron chi connectivity index (χ4n) is 3.68. The normalized spacial score (nSPS) is 20.3. The van der Waals surface area contributed by atoms with Gasteiger partial charge in [0.05, 0.1) is 10.6 Å². The first kappa shape index (κ1) is 17.7. The van der Waals surface area contributed by atoms with E-state index in [2.05, 4.69) is 9.98 Å². The first-order valence-electron chi connectivity index (χ1n) is 8.70. The number of hydrogen-bond donors (Lipinski definition) is 2. The molecule has 0 bridgehead atoms. The maximum absolute atomic E-state index is 12.2. The van der Waals surface area contributed by atoms with Crippen LogP contribution in [0.15, 0.2) is 39.1 Å². The van der Waals surface area contributed by atoms with Gasteiger partial charge in [0.25, 0.3) is 0 Å². The summed E-state index contributed by atoms with van der Waals surface area (Å²) >= 11 is 0. The van der Waals surface area contributed by atoms with Gasteiger partial charge in [-0.05, 0) is 56.4 Å². The van der Waals surface area contributed by atoms with E-state index in [9.17, 15) is 8.42 Å². The molecule has 1 fully saturated rings. The lowest BCUT2D eigenvalue weighted by Crippen LogP contribution is -2.58. The molecular formula is C17H25N5O2S. The van der Waals surface area contributed by atoms with Crippen LogP contribution < -0.4 is 16.4 Å². The van der Waals surface area contributed by atoms with Crippen molar-refractivity contribution in [2.45, 2.75) is 56.0 Å². The molecule has 2 aliphatic rings. The average molecular weight is 363 g/mol. The van der Waals surface area contributed by atoms with Gasteiger partial charge in [0.1, 0.15) is 5.66 Å². The zero-order valence-electron chi connectivity index (χ0n) is 14.5. The molecule has 136 valence electrons. The Morgan fingerprint density at radius 3 is 2.36 bits per heavy atom. The topological polar surface area (TPSA) is 114 Å². The molecule has 1 aromatic carbocycles. The molecule has 4 N–H and O–H groups in total. The number of nitrogens with zero attached hydrogens (tertiary/aromatic N) is 3. The van der Waals surface area contributed by atoms with Gasteiger partial charge in [-0.3, -0.25) is 4.90 Å². The highest BCUT2D eigenvalue weighted by molar-refractivity contribution is 7.91. The summed E-state index contributed by atoms with van der Waals surface area (Å²) in [5, 5.41) is 0. The smallest absolute Gasteiger partial charge is 0.220 e. The first-order valence-corrected chi connectivity index (χ1v) is 10.4. The fourth-order valence-corrected chi connectivity index (χ4v) is 5.01. The van der Waals surface area contributed by atoms with Crippen molar-refractivity contribution in [2.24, 2.45) is 21.5 Å². The van der Waals surface area contributed by atoms with E-state index in [-0.39, 0.29) is 11.7 Å². The Kier molecular flexibility index (Phi) is 4.73. The summed E-state index contributed by atoms with van der Waals surface area (Å²) in [6.07, 6.45) is 5.54. The quantitative estimate of drug-likeness (QED) is 0.849. The van der Waals surface area contributed by atoms with Gasteiger partial charge in [0.2, 0.25) is 11.9 Å². The Morgan fingerprint density at radius 1 is 1.12 bits per heavy atom. The van der Waals surface area contributed by atoms with Crippen LogP contribution in [0.1, 0.15) is 45.4 Å². The van der Waals surface area contributed by atoms with Gasteiger partial charge in [0.15, 0.2) is 9.84 Å². The lowest BCUT2D eigenvalue weighted by molar-refractivity contribution is 0.305. The average Bonchev–Trinajstić information content (AvgIpc) is 2.55. The van der Waals surface area contributed by atoms with Gasteiger partial charge in [-0.15, -0.1) is 0 Å². The largest absolute Gasteiger partial charge is 0.369 e. The Hall–Kier alpha value is -2.09. The van der Waals surface area contributed by atoms with E-state index in [4.69, 9.17) is 11.5 Å². The second kappa shape index (κ2) is 6.67. The number of hydrogen-bond acceptors (Lipinski definition) is 7. The fraction of sp³-hybridized carbons (Fsp3) is 0.529. The Labute approximate surface area is 148 Å². The zero-order valence-corrected chi connectivity index (χ0v) is 15.3. The summed E-state index contributed by atoms with van der Waals surface area (Å²) in [7, 11) is -3.24. The van der Waals surface area contributed by atoms with Gasteiger partial charge in [0, 0.05) is 5.69 Å². The highest BCUT2D eigenvalue weighted by Gasteiger charge is 2.42. The van der Waals surface area contributed by atoms with Gasteiger partial charge in [-0.2, -0.15) is 4.99 Å². The molecule has 1 spiro atoms. The number of nitrogens with two attached hydrogens (primary N) is 2. The van der Waals surface area contributed by atoms with E-state index in [1.807, 2.05) is 11.8 Å². The molecular weight excluding hydrogens is 338 g/mol. The number of anilines is 1. The third kappa shape index (κ3) is 3.35. The van der Waals surface area contributed by atoms with Gasteiger partial charge in [-0.25, -0.2) is 13.4 Å². The van der Waals surface area contributed by atoms with Crippen LogP contribution >= 0.6 is 0 Å². The molecule has 0 aromatic heterocycles. The molecule has 0 saturated heterocycles. The molecule has 0 unspecified atom stereocenters. The Bertz CT molecular complexity index is 793. The minimum Gasteiger partial charge on any atom is -0.369 e. The molecule has 25 heavy (non-hydrogen) atoms. The number of guanidine groups is 2. The van der Waals surface area contributed by atoms with Crippen LogP contribution in [0.2, 0.25) is 0 Å². The predicted octanol–water partition coefficient (Wildman–Crippen LogP) is 1.98. The van der Waals surface area contributed by atoms with Crippen LogP contribution in [-0.2, 0) is 9.84 Å². The molecule has 1 aliphatic heterocycles. The van der Waals surface area contributed by atoms with Gasteiger partial charge in [-0.1, -0.05) is 13.3 Å². The predicted molar refractivity (Wildman–Crippen MR) is 100 cm³/mol. The van der Waals surface area contributed by atoms with Gasteiger partial charge < -0.3 is 11.5 Å². The molecule has 0 amide bonds. The lowest BCUT2D eigenvalue weighted by atomic mass is 9.87. The molecule has 7 nitrogen and oxygen atoms in total. The molecule has 1 aromatic rings. The van der Waals surface area contributed by atoms with Gasteiger partial charge >= 0.3 is 0 Å². The SMILES string of the molecule is CCCS(=O)(=O)c1ccc(N2C(N)=NC(N)=NC23CCCCC3)cc1. The third-order valence-corrected chi connectivity index (χ3v) is 6.71. The molecule has 3 rings (SSSR count). The second-order valence-corrected chi connectivity index (χ2v) is 8.74. The second-order valence-electron chi connectivity index (χ2n) is 6.63. The summed E-state index contributed by atoms with van der Waals surface area (Å²) in [4.78, 5) is 11.0. The zero-order chi connectivity index (χ0) is 18.1. The van der Waals surface area contributed by atoms with Crippen LogP contribution in [0.3, 0.4) is 0 Å². The van der Waals surface area contributed by atoms with E-state index < -0.39 is 15.5 Å². The van der Waals surface area contributed by atoms with Crippen molar-refractivity contribution in [3.63, 3.8) is 0 Å². The number of benzene rings is 1. The molecule has 1 heterocycles. The van der Waals surface area contributed by atoms with Crippen molar-refractivity contribution in [1.82, 2.24) is 0 Å². The maximum atomic E-state index is 12.2. The summed E-state index contributed by atoms with van der Waals surface area (Å²) in [5.41, 5.74) is 12.3. The van der Waals surface area contributed by atoms with Crippen molar-refractivity contribution < 1.29 is 8.42 Å². The minimum atomic E-state index is -3.24. The number of rotatable bonds is 4. The van der Waals surface area contributed by atoms with Crippen molar-refractivity contribution in [1.29, 1.82) is 0 Å². The standard InChI is InChI=1S/C17H25N5O2S/c1-2-12-25(23,24)14-8-6-13(7-9-14)22-16(19)20-15(18)21-17(22)10-4-3-5-11-17/h6-9H,2-5,10-12H2,1H3,(H4,18,19,20,21). The van der Waals surface area contributed by atoms with Crippen LogP contribution in [0.25, 0.3) is 0 Å². The monoisotopic (exact) mass is 363 g/mol. The summed E-state index contributed by atoms with van der Waals surface area (Å²) in [5.74, 6) is 0.654. The van der Waals surface area contributed by atoms with Crippen LogP contribution in [-0.4, -0.2) is 31.8 Å². The number of aliphatic imine (C=N–C) groups is 2. The highest BCUT2D eigenvalue weighted by atomic mass is 32.2. The lowest BCUT2D eigenvalue weighted by Gasteiger charge is -2.45. The van der Waals surface area contributed by atoms with E-state index in [0.29, 0.717) is 17.3 Å². The summed E-state index contributed by atoms with van der Waals surface area (Å²) < 4.78 is 24.4. The third-order valence-electron chi connectivity index (χ3n) is 4.78. The van der Waals surface area contributed by atoms with E-state index in [0.717, 1.165) is 37.8 Å². The van der Waals surface area contributed by atoms with Crippen molar-refractivity contribution in [3.05, 3.63) is 24.3 Å². The van der Waals surface area contributed by atoms with Crippen molar-refractivity contribution >= 4 is 27.4 Å². The van der Waals surface area contributed by atoms with Crippen molar-refractivity contribution in [3.8, 4) is 0 Å². The highest BCUT2D eigenvalue weighted by Crippen LogP contribution is 2.39. The molecule has 8 heteroatoms. The summed E-state index contributed by atoms with van der Waals surface area (Å²) in [6.45, 7) is 1.85. The van der Waals surface area contributed by atoms with Crippen LogP contribution in [0, 0.1) is 0 Å².